The minimum Gasteiger partial charge on any atom is -0.504 e. The maximum Gasteiger partial charge on any atom is 0.165 e. The topological polar surface area (TPSA) is 45.2 Å². The van der Waals surface area contributed by atoms with Crippen LogP contribution in [0.15, 0.2) is 72.8 Å². The molecule has 2 heterocycles. The fourth-order valence-electron chi connectivity index (χ4n) is 8.41. The molecule has 2 unspecified atom stereocenters. The number of phenols is 1. The van der Waals surface area contributed by atoms with Crippen LogP contribution < -0.4 is 4.74 Å². The van der Waals surface area contributed by atoms with Gasteiger partial charge in [0.15, 0.2) is 11.5 Å². The summed E-state index contributed by atoms with van der Waals surface area (Å²) in [5.41, 5.74) is 4.57. The summed E-state index contributed by atoms with van der Waals surface area (Å²) in [6, 6.07) is 26.0. The summed E-state index contributed by atoms with van der Waals surface area (Å²) in [4.78, 5) is 5.12. The lowest BCUT2D eigenvalue weighted by Gasteiger charge is -2.66. The standard InChI is InChI=1S/C32H36N2O3/c1-33-18-17-31-28-24-13-14-26(35)29(28)37-30(31)25(15-16-32(31,36-2)27(33)19-24)34(20-22-9-5-3-6-10-22)21-23-11-7-4-8-12-23/h3-14,25,27,30,35H,15-21H2,1-2H3/t25?,27-,30?,31+,32-/m1/s1. The molecule has 2 aliphatic carbocycles. The number of likely N-dealkylation sites (N-methyl/N-ethyl adjacent to an activating group) is 1. The van der Waals surface area contributed by atoms with Gasteiger partial charge in [-0.25, -0.2) is 0 Å². The second-order valence-electron chi connectivity index (χ2n) is 11.5. The lowest BCUT2D eigenvalue weighted by atomic mass is 9.48. The number of aromatic hydroxyl groups is 1. The van der Waals surface area contributed by atoms with Crippen molar-refractivity contribution in [1.29, 1.82) is 0 Å². The predicted octanol–water partition coefficient (Wildman–Crippen LogP) is 4.90. The molecule has 1 saturated carbocycles. The quantitative estimate of drug-likeness (QED) is 0.526. The number of piperidine rings is 1. The zero-order valence-electron chi connectivity index (χ0n) is 21.8. The van der Waals surface area contributed by atoms with Crippen LogP contribution in [0.2, 0.25) is 0 Å². The molecular weight excluding hydrogens is 460 g/mol. The van der Waals surface area contributed by atoms with E-state index in [9.17, 15) is 5.11 Å². The molecule has 4 aliphatic rings. The summed E-state index contributed by atoms with van der Waals surface area (Å²) in [5, 5.41) is 11.0. The van der Waals surface area contributed by atoms with Crippen molar-refractivity contribution in [2.24, 2.45) is 0 Å². The molecule has 2 bridgehead atoms. The van der Waals surface area contributed by atoms with Crippen LogP contribution in [0.5, 0.6) is 11.5 Å². The van der Waals surface area contributed by atoms with Gasteiger partial charge in [0, 0.05) is 37.8 Å². The molecule has 0 amide bonds. The van der Waals surface area contributed by atoms with E-state index in [0.29, 0.717) is 11.8 Å². The Morgan fingerprint density at radius 2 is 1.65 bits per heavy atom. The van der Waals surface area contributed by atoms with Gasteiger partial charge in [0.2, 0.25) is 0 Å². The number of nitrogens with zero attached hydrogens (tertiary/aromatic N) is 2. The Morgan fingerprint density at radius 3 is 2.30 bits per heavy atom. The third kappa shape index (κ3) is 3.20. The van der Waals surface area contributed by atoms with Crippen LogP contribution in [-0.4, -0.2) is 59.4 Å². The van der Waals surface area contributed by atoms with E-state index >= 15 is 0 Å². The van der Waals surface area contributed by atoms with Crippen LogP contribution in [-0.2, 0) is 29.7 Å². The molecule has 0 aromatic heterocycles. The molecule has 1 N–H and O–H groups in total. The van der Waals surface area contributed by atoms with Gasteiger partial charge in [0.25, 0.3) is 0 Å². The highest BCUT2D eigenvalue weighted by Crippen LogP contribution is 2.66. The van der Waals surface area contributed by atoms with Gasteiger partial charge in [-0.2, -0.15) is 0 Å². The van der Waals surface area contributed by atoms with Gasteiger partial charge < -0.3 is 19.5 Å². The molecule has 7 rings (SSSR count). The van der Waals surface area contributed by atoms with E-state index < -0.39 is 0 Å². The first kappa shape index (κ1) is 23.3. The van der Waals surface area contributed by atoms with E-state index in [1.54, 1.807) is 0 Å². The first-order valence-corrected chi connectivity index (χ1v) is 13.7. The maximum absolute atomic E-state index is 11.0. The number of rotatable bonds is 6. The van der Waals surface area contributed by atoms with Crippen molar-refractivity contribution in [3.05, 3.63) is 95.1 Å². The van der Waals surface area contributed by atoms with Crippen LogP contribution >= 0.6 is 0 Å². The van der Waals surface area contributed by atoms with Crippen molar-refractivity contribution in [3.63, 3.8) is 0 Å². The number of ether oxygens (including phenoxy) is 2. The smallest absolute Gasteiger partial charge is 0.165 e. The van der Waals surface area contributed by atoms with Crippen molar-refractivity contribution in [1.82, 2.24) is 9.80 Å². The Balaban J connectivity index is 1.36. The molecule has 1 spiro atoms. The molecule has 5 heteroatoms. The van der Waals surface area contributed by atoms with E-state index in [0.717, 1.165) is 45.3 Å². The first-order valence-electron chi connectivity index (χ1n) is 13.7. The lowest BCUT2D eigenvalue weighted by Crippen LogP contribution is -2.78. The summed E-state index contributed by atoms with van der Waals surface area (Å²) in [5.74, 6) is 0.972. The Kier molecular flexibility index (Phi) is 5.40. The van der Waals surface area contributed by atoms with Crippen LogP contribution in [0.4, 0.5) is 0 Å². The number of hydrogen-bond acceptors (Lipinski definition) is 5. The van der Waals surface area contributed by atoms with E-state index in [4.69, 9.17) is 9.47 Å². The Labute approximate surface area is 219 Å². The summed E-state index contributed by atoms with van der Waals surface area (Å²) in [6.45, 7) is 2.72. The highest BCUT2D eigenvalue weighted by Gasteiger charge is 2.73. The SMILES string of the molecule is CO[C@@]12CCC(N(Cc3ccccc3)Cc3ccccc3)C3Oc4c(O)ccc5c4[C@@]31CCN(C)[C@@H]2C5. The lowest BCUT2D eigenvalue weighted by molar-refractivity contribution is -0.212. The van der Waals surface area contributed by atoms with Gasteiger partial charge in [0.05, 0.1) is 11.0 Å². The van der Waals surface area contributed by atoms with Crippen LogP contribution in [0.3, 0.4) is 0 Å². The Morgan fingerprint density at radius 1 is 0.973 bits per heavy atom. The van der Waals surface area contributed by atoms with Crippen molar-refractivity contribution in [3.8, 4) is 11.5 Å². The molecule has 0 radical (unpaired) electrons. The fourth-order valence-corrected chi connectivity index (χ4v) is 8.41. The van der Waals surface area contributed by atoms with Crippen LogP contribution in [0.1, 0.15) is 41.5 Å². The van der Waals surface area contributed by atoms with Gasteiger partial charge in [-0.15, -0.1) is 0 Å². The van der Waals surface area contributed by atoms with Crippen LogP contribution in [0, 0.1) is 0 Å². The summed E-state index contributed by atoms with van der Waals surface area (Å²) < 4.78 is 13.6. The number of benzene rings is 3. The predicted molar refractivity (Wildman–Crippen MR) is 144 cm³/mol. The van der Waals surface area contributed by atoms with Crippen molar-refractivity contribution in [2.75, 3.05) is 20.7 Å². The van der Waals surface area contributed by atoms with Gasteiger partial charge in [0.1, 0.15) is 6.10 Å². The molecule has 2 fully saturated rings. The maximum atomic E-state index is 11.0. The fraction of sp³-hybridized carbons (Fsp3) is 0.438. The van der Waals surface area contributed by atoms with Crippen molar-refractivity contribution >= 4 is 0 Å². The Bertz CT molecular complexity index is 1260. The van der Waals surface area contributed by atoms with Gasteiger partial charge in [-0.05, 0) is 62.0 Å². The highest BCUT2D eigenvalue weighted by molar-refractivity contribution is 5.62. The number of likely N-dealkylation sites (tertiary alicyclic amines) is 1. The molecule has 192 valence electrons. The molecule has 5 atom stereocenters. The van der Waals surface area contributed by atoms with E-state index in [1.807, 2.05) is 13.2 Å². The second-order valence-corrected chi connectivity index (χ2v) is 11.5. The minimum atomic E-state index is -0.321. The number of hydrogen-bond donors (Lipinski definition) is 1. The summed E-state index contributed by atoms with van der Waals surface area (Å²) in [6.07, 6.45) is 3.81. The molecule has 2 aliphatic heterocycles. The molecular formula is C32H36N2O3. The second kappa shape index (κ2) is 8.59. The number of methoxy groups -OCH3 is 1. The summed E-state index contributed by atoms with van der Waals surface area (Å²) >= 11 is 0. The zero-order chi connectivity index (χ0) is 25.2. The molecule has 37 heavy (non-hydrogen) atoms. The third-order valence-electron chi connectivity index (χ3n) is 9.95. The van der Waals surface area contributed by atoms with E-state index in [2.05, 4.69) is 83.6 Å². The molecule has 1 saturated heterocycles. The average Bonchev–Trinajstić information content (AvgIpc) is 3.28. The molecule has 5 nitrogen and oxygen atoms in total. The normalized spacial score (nSPS) is 31.7. The van der Waals surface area contributed by atoms with Crippen molar-refractivity contribution in [2.45, 2.75) is 68.0 Å². The van der Waals surface area contributed by atoms with Crippen LogP contribution in [0.25, 0.3) is 0 Å². The van der Waals surface area contributed by atoms with Gasteiger partial charge in [-0.3, -0.25) is 4.90 Å². The largest absolute Gasteiger partial charge is 0.504 e. The summed E-state index contributed by atoms with van der Waals surface area (Å²) in [7, 11) is 4.15. The van der Waals surface area contributed by atoms with E-state index in [-0.39, 0.29) is 28.9 Å². The average molecular weight is 497 g/mol. The van der Waals surface area contributed by atoms with Gasteiger partial charge >= 0.3 is 0 Å². The van der Waals surface area contributed by atoms with Gasteiger partial charge in [-0.1, -0.05) is 66.7 Å². The minimum absolute atomic E-state index is 0.0767. The monoisotopic (exact) mass is 496 g/mol. The highest BCUT2D eigenvalue weighted by atomic mass is 16.5. The third-order valence-corrected chi connectivity index (χ3v) is 9.95. The first-order chi connectivity index (χ1) is 18.1. The van der Waals surface area contributed by atoms with E-state index in [1.165, 1.54) is 22.3 Å². The zero-order valence-corrected chi connectivity index (χ0v) is 21.8. The molecule has 3 aromatic rings. The molecule has 3 aromatic carbocycles. The van der Waals surface area contributed by atoms with Crippen molar-refractivity contribution < 1.29 is 14.6 Å². The number of phenolic OH excluding ortho intramolecular Hbond substituents is 1. The Hall–Kier alpha value is -2.86.